The first-order valence-electron chi connectivity index (χ1n) is 3.82. The van der Waals surface area contributed by atoms with Crippen LogP contribution in [0.1, 0.15) is 5.56 Å². The molecule has 0 saturated heterocycles. The number of nitrogens with one attached hydrogen (secondary N) is 1. The third kappa shape index (κ3) is 1.06. The first-order chi connectivity index (χ1) is 5.92. The summed E-state index contributed by atoms with van der Waals surface area (Å²) >= 11 is 0. The molecule has 4 nitrogen and oxygen atoms in total. The number of nitrogens with zero attached hydrogens (tertiary/aromatic N) is 3. The smallest absolute Gasteiger partial charge is 0.136 e. The van der Waals surface area contributed by atoms with E-state index in [9.17, 15) is 0 Å². The Bertz CT molecular complexity index is 379. The molecule has 4 heteroatoms. The monoisotopic (exact) mass is 162 g/mol. The maximum Gasteiger partial charge on any atom is 0.136 e. The van der Waals surface area contributed by atoms with Gasteiger partial charge in [0.25, 0.3) is 0 Å². The molecule has 2 aromatic heterocycles. The summed E-state index contributed by atoms with van der Waals surface area (Å²) in [5.41, 5.74) is 2.28. The van der Waals surface area contributed by atoms with Crippen molar-refractivity contribution in [3.05, 3.63) is 30.4 Å². The molecule has 0 aliphatic heterocycles. The summed E-state index contributed by atoms with van der Waals surface area (Å²) in [7, 11) is 1.92. The van der Waals surface area contributed by atoms with Crippen LogP contribution in [0.25, 0.3) is 5.52 Å². The fourth-order valence-electron chi connectivity index (χ4n) is 1.25. The Balaban J connectivity index is 2.55. The summed E-state index contributed by atoms with van der Waals surface area (Å²) in [6.45, 7) is 0.851. The number of aromatic nitrogens is 3. The zero-order valence-corrected chi connectivity index (χ0v) is 6.86. The van der Waals surface area contributed by atoms with Crippen LogP contribution >= 0.6 is 0 Å². The van der Waals surface area contributed by atoms with Crippen LogP contribution in [0.3, 0.4) is 0 Å². The highest BCUT2D eigenvalue weighted by atomic mass is 15.2. The molecule has 12 heavy (non-hydrogen) atoms. The van der Waals surface area contributed by atoms with Crippen LogP contribution in [0.5, 0.6) is 0 Å². The lowest BCUT2D eigenvalue weighted by molar-refractivity contribution is 0.819. The number of fused-ring (bicyclic) bond motifs is 1. The lowest BCUT2D eigenvalue weighted by Crippen LogP contribution is -2.04. The van der Waals surface area contributed by atoms with Gasteiger partial charge in [-0.3, -0.25) is 0 Å². The third-order valence-corrected chi connectivity index (χ3v) is 1.80. The lowest BCUT2D eigenvalue weighted by atomic mass is 10.3. The molecule has 0 radical (unpaired) electrons. The fraction of sp³-hybridized carbons (Fsp3) is 0.250. The van der Waals surface area contributed by atoms with E-state index in [2.05, 4.69) is 15.4 Å². The van der Waals surface area contributed by atoms with E-state index in [-0.39, 0.29) is 0 Å². The summed E-state index contributed by atoms with van der Waals surface area (Å²) in [6, 6.07) is 2.04. The maximum absolute atomic E-state index is 4.06. The van der Waals surface area contributed by atoms with Crippen molar-refractivity contribution in [1.82, 2.24) is 19.9 Å². The summed E-state index contributed by atoms with van der Waals surface area (Å²) in [5, 5.41) is 7.16. The molecule has 0 aliphatic carbocycles. The molecule has 62 valence electrons. The van der Waals surface area contributed by atoms with Crippen LogP contribution in [0, 0.1) is 0 Å². The zero-order chi connectivity index (χ0) is 8.39. The predicted octanol–water partition coefficient (Wildman–Crippen LogP) is 0.449. The molecule has 0 bridgehead atoms. The molecule has 0 amide bonds. The Morgan fingerprint density at radius 3 is 3.33 bits per heavy atom. The molecule has 0 spiro atoms. The Morgan fingerprint density at radius 1 is 1.58 bits per heavy atom. The van der Waals surface area contributed by atoms with Gasteiger partial charge >= 0.3 is 0 Å². The highest BCUT2D eigenvalue weighted by Crippen LogP contribution is 2.08. The van der Waals surface area contributed by atoms with E-state index in [4.69, 9.17) is 0 Å². The molecule has 0 unspecified atom stereocenters. The van der Waals surface area contributed by atoms with Gasteiger partial charge < -0.3 is 5.32 Å². The van der Waals surface area contributed by atoms with E-state index in [0.29, 0.717) is 0 Å². The third-order valence-electron chi connectivity index (χ3n) is 1.80. The van der Waals surface area contributed by atoms with Gasteiger partial charge in [0.2, 0.25) is 0 Å². The maximum atomic E-state index is 4.06. The molecule has 2 aromatic rings. The normalized spacial score (nSPS) is 10.8. The average molecular weight is 162 g/mol. The highest BCUT2D eigenvalue weighted by Gasteiger charge is 2.00. The highest BCUT2D eigenvalue weighted by molar-refractivity contribution is 5.52. The lowest BCUT2D eigenvalue weighted by Gasteiger charge is -1.96. The summed E-state index contributed by atoms with van der Waals surface area (Å²) in [5.74, 6) is 0. The topological polar surface area (TPSA) is 42.2 Å². The predicted molar refractivity (Wildman–Crippen MR) is 45.8 cm³/mol. The van der Waals surface area contributed by atoms with Crippen LogP contribution in [-0.2, 0) is 6.54 Å². The summed E-state index contributed by atoms with van der Waals surface area (Å²) in [6.07, 6.45) is 5.29. The van der Waals surface area contributed by atoms with E-state index in [1.54, 1.807) is 0 Å². The molecule has 0 atom stereocenters. The second-order valence-electron chi connectivity index (χ2n) is 2.61. The molecule has 0 fully saturated rings. The van der Waals surface area contributed by atoms with Crippen molar-refractivity contribution in [1.29, 1.82) is 0 Å². The molecule has 0 saturated carbocycles. The van der Waals surface area contributed by atoms with Crippen LogP contribution in [0.15, 0.2) is 24.8 Å². The number of hydrogen-bond donors (Lipinski definition) is 1. The minimum atomic E-state index is 0.851. The van der Waals surface area contributed by atoms with Gasteiger partial charge in [-0.1, -0.05) is 0 Å². The van der Waals surface area contributed by atoms with Crippen molar-refractivity contribution in [3.8, 4) is 0 Å². The quantitative estimate of drug-likeness (QED) is 0.697. The van der Waals surface area contributed by atoms with Gasteiger partial charge in [0, 0.05) is 12.7 Å². The van der Waals surface area contributed by atoms with E-state index in [1.807, 2.05) is 30.0 Å². The zero-order valence-electron chi connectivity index (χ0n) is 6.86. The van der Waals surface area contributed by atoms with E-state index in [0.717, 1.165) is 12.1 Å². The Hall–Kier alpha value is -1.42. The van der Waals surface area contributed by atoms with Crippen molar-refractivity contribution in [2.75, 3.05) is 7.05 Å². The first kappa shape index (κ1) is 7.24. The number of rotatable bonds is 2. The van der Waals surface area contributed by atoms with Crippen molar-refractivity contribution in [3.63, 3.8) is 0 Å². The van der Waals surface area contributed by atoms with Crippen molar-refractivity contribution >= 4 is 5.52 Å². The molecule has 0 aromatic carbocycles. The van der Waals surface area contributed by atoms with Gasteiger partial charge in [0.15, 0.2) is 0 Å². The molecule has 1 N–H and O–H groups in total. The molecular formula is C8H10N4. The van der Waals surface area contributed by atoms with E-state index < -0.39 is 0 Å². The summed E-state index contributed by atoms with van der Waals surface area (Å²) < 4.78 is 1.82. The fourth-order valence-corrected chi connectivity index (χ4v) is 1.25. The van der Waals surface area contributed by atoms with Crippen LogP contribution in [0.2, 0.25) is 0 Å². The Morgan fingerprint density at radius 2 is 2.50 bits per heavy atom. The van der Waals surface area contributed by atoms with Crippen molar-refractivity contribution in [2.24, 2.45) is 0 Å². The molecular weight excluding hydrogens is 152 g/mol. The summed E-state index contributed by atoms with van der Waals surface area (Å²) in [4.78, 5) is 3.97. The van der Waals surface area contributed by atoms with Crippen LogP contribution in [-0.4, -0.2) is 21.6 Å². The van der Waals surface area contributed by atoms with E-state index in [1.165, 1.54) is 11.9 Å². The van der Waals surface area contributed by atoms with Crippen molar-refractivity contribution < 1.29 is 0 Å². The SMILES string of the molecule is CNCc1ccn2ncncc12. The Labute approximate surface area is 70.2 Å². The molecule has 0 aliphatic rings. The van der Waals surface area contributed by atoms with Gasteiger partial charge in [0.1, 0.15) is 6.33 Å². The second-order valence-corrected chi connectivity index (χ2v) is 2.61. The number of hydrogen-bond acceptors (Lipinski definition) is 3. The first-order valence-corrected chi connectivity index (χ1v) is 3.82. The second kappa shape index (κ2) is 2.91. The minimum Gasteiger partial charge on any atom is -0.316 e. The van der Waals surface area contributed by atoms with Gasteiger partial charge in [0.05, 0.1) is 11.7 Å². The van der Waals surface area contributed by atoms with E-state index >= 15 is 0 Å². The minimum absolute atomic E-state index is 0.851. The Kier molecular flexibility index (Phi) is 1.75. The van der Waals surface area contributed by atoms with Crippen LogP contribution in [0.4, 0.5) is 0 Å². The van der Waals surface area contributed by atoms with Gasteiger partial charge in [-0.05, 0) is 18.7 Å². The van der Waals surface area contributed by atoms with Gasteiger partial charge in [-0.2, -0.15) is 5.10 Å². The largest absolute Gasteiger partial charge is 0.316 e. The van der Waals surface area contributed by atoms with Gasteiger partial charge in [-0.15, -0.1) is 0 Å². The van der Waals surface area contributed by atoms with Crippen LogP contribution < -0.4 is 5.32 Å². The van der Waals surface area contributed by atoms with Gasteiger partial charge in [-0.25, -0.2) is 9.50 Å². The molecule has 2 rings (SSSR count). The standard InChI is InChI=1S/C8H10N4/c1-9-4-7-2-3-12-8(7)5-10-6-11-12/h2-3,5-6,9H,4H2,1H3. The average Bonchev–Trinajstić information content (AvgIpc) is 2.50. The molecule has 2 heterocycles. The van der Waals surface area contributed by atoms with Crippen molar-refractivity contribution in [2.45, 2.75) is 6.54 Å².